The lowest BCUT2D eigenvalue weighted by Crippen LogP contribution is -2.43. The van der Waals surface area contributed by atoms with Crippen LogP contribution >= 0.6 is 47.8 Å². The average molecular weight is 504 g/mol. The van der Waals surface area contributed by atoms with Gasteiger partial charge >= 0.3 is 0 Å². The molecule has 118 valence electrons. The predicted octanol–water partition coefficient (Wildman–Crippen LogP) is 4.85. The van der Waals surface area contributed by atoms with E-state index in [9.17, 15) is 8.42 Å². The molecule has 7 heteroatoms. The van der Waals surface area contributed by atoms with E-state index in [4.69, 9.17) is 0 Å². The van der Waals surface area contributed by atoms with Gasteiger partial charge in [0, 0.05) is 26.9 Å². The SMILES string of the molecule is Cc1cc(Br)c(S(=O)(=O)N2CCCCC2CCBr)cc1Br. The van der Waals surface area contributed by atoms with E-state index in [0.717, 1.165) is 41.0 Å². The summed E-state index contributed by atoms with van der Waals surface area (Å²) < 4.78 is 29.2. The summed E-state index contributed by atoms with van der Waals surface area (Å²) in [6.45, 7) is 2.55. The molecule has 1 aliphatic rings. The number of halogens is 3. The minimum Gasteiger partial charge on any atom is -0.207 e. The van der Waals surface area contributed by atoms with Crippen LogP contribution in [0.1, 0.15) is 31.2 Å². The zero-order chi connectivity index (χ0) is 15.6. The fraction of sp³-hybridized carbons (Fsp3) is 0.571. The molecule has 1 fully saturated rings. The minimum atomic E-state index is -3.47. The zero-order valence-electron chi connectivity index (χ0n) is 11.8. The van der Waals surface area contributed by atoms with Gasteiger partial charge in [0.25, 0.3) is 0 Å². The highest BCUT2D eigenvalue weighted by Crippen LogP contribution is 2.34. The summed E-state index contributed by atoms with van der Waals surface area (Å²) in [5.41, 5.74) is 1.01. The number of rotatable bonds is 4. The summed E-state index contributed by atoms with van der Waals surface area (Å²) in [6.07, 6.45) is 3.82. The molecule has 21 heavy (non-hydrogen) atoms. The maximum absolute atomic E-state index is 13.0. The van der Waals surface area contributed by atoms with Crippen molar-refractivity contribution < 1.29 is 8.42 Å². The molecule has 1 unspecified atom stereocenters. The highest BCUT2D eigenvalue weighted by atomic mass is 79.9. The number of hydrogen-bond acceptors (Lipinski definition) is 2. The van der Waals surface area contributed by atoms with Crippen LogP contribution in [0.25, 0.3) is 0 Å². The smallest absolute Gasteiger partial charge is 0.207 e. The molecule has 0 aliphatic carbocycles. The largest absolute Gasteiger partial charge is 0.244 e. The summed E-state index contributed by atoms with van der Waals surface area (Å²) in [5.74, 6) is 0. The molecule has 1 aromatic carbocycles. The van der Waals surface area contributed by atoms with E-state index in [1.807, 2.05) is 13.0 Å². The molecule has 1 atom stereocenters. The van der Waals surface area contributed by atoms with Gasteiger partial charge in [-0.1, -0.05) is 38.3 Å². The van der Waals surface area contributed by atoms with Crippen LogP contribution < -0.4 is 0 Å². The molecule has 0 N–H and O–H groups in total. The molecular formula is C14H18Br3NO2S. The first-order chi connectivity index (χ1) is 9.87. The van der Waals surface area contributed by atoms with E-state index < -0.39 is 10.0 Å². The number of hydrogen-bond donors (Lipinski definition) is 0. The Morgan fingerprint density at radius 1 is 1.24 bits per heavy atom. The first-order valence-electron chi connectivity index (χ1n) is 6.91. The average Bonchev–Trinajstić information content (AvgIpc) is 2.43. The van der Waals surface area contributed by atoms with Gasteiger partial charge in [0.2, 0.25) is 10.0 Å². The molecule has 1 aromatic rings. The lowest BCUT2D eigenvalue weighted by Gasteiger charge is -2.34. The normalized spacial score (nSPS) is 20.7. The van der Waals surface area contributed by atoms with Crippen LogP contribution in [0.2, 0.25) is 0 Å². The number of alkyl halides is 1. The van der Waals surface area contributed by atoms with E-state index in [0.29, 0.717) is 15.9 Å². The maximum atomic E-state index is 13.0. The van der Waals surface area contributed by atoms with Crippen molar-refractivity contribution in [2.75, 3.05) is 11.9 Å². The third-order valence-corrected chi connectivity index (χ3v) is 8.04. The van der Waals surface area contributed by atoms with Gasteiger partial charge in [-0.05, 0) is 59.8 Å². The lowest BCUT2D eigenvalue weighted by molar-refractivity contribution is 0.248. The fourth-order valence-corrected chi connectivity index (χ4v) is 6.55. The molecule has 2 rings (SSSR count). The van der Waals surface area contributed by atoms with Gasteiger partial charge in [-0.25, -0.2) is 8.42 Å². The Labute approximate surface area is 151 Å². The van der Waals surface area contributed by atoms with Crippen molar-refractivity contribution >= 4 is 57.8 Å². The Balaban J connectivity index is 2.43. The summed E-state index contributed by atoms with van der Waals surface area (Å²) in [6, 6.07) is 3.64. The molecule has 0 bridgehead atoms. The van der Waals surface area contributed by atoms with E-state index in [2.05, 4.69) is 47.8 Å². The highest BCUT2D eigenvalue weighted by molar-refractivity contribution is 9.11. The Bertz CT molecular complexity index is 617. The monoisotopic (exact) mass is 501 g/mol. The van der Waals surface area contributed by atoms with Crippen molar-refractivity contribution in [2.24, 2.45) is 0 Å². The predicted molar refractivity (Wildman–Crippen MR) is 96.5 cm³/mol. The van der Waals surface area contributed by atoms with Crippen LogP contribution in [0.3, 0.4) is 0 Å². The van der Waals surface area contributed by atoms with Crippen LogP contribution in [0.5, 0.6) is 0 Å². The third-order valence-electron chi connectivity index (χ3n) is 3.82. The van der Waals surface area contributed by atoms with E-state index in [1.54, 1.807) is 10.4 Å². The quantitative estimate of drug-likeness (QED) is 0.551. The lowest BCUT2D eigenvalue weighted by atomic mass is 10.0. The van der Waals surface area contributed by atoms with Crippen molar-refractivity contribution in [3.05, 3.63) is 26.6 Å². The van der Waals surface area contributed by atoms with Crippen LogP contribution in [0.15, 0.2) is 26.0 Å². The Hall–Kier alpha value is 0.570. The molecule has 1 heterocycles. The second kappa shape index (κ2) is 7.43. The van der Waals surface area contributed by atoms with Gasteiger partial charge in [-0.15, -0.1) is 0 Å². The summed E-state index contributed by atoms with van der Waals surface area (Å²) >= 11 is 10.3. The van der Waals surface area contributed by atoms with E-state index >= 15 is 0 Å². The molecule has 0 radical (unpaired) electrons. The molecule has 1 aliphatic heterocycles. The molecule has 0 amide bonds. The van der Waals surface area contributed by atoms with Gasteiger partial charge in [-0.3, -0.25) is 0 Å². The van der Waals surface area contributed by atoms with Crippen molar-refractivity contribution in [3.8, 4) is 0 Å². The summed E-state index contributed by atoms with van der Waals surface area (Å²) in [4.78, 5) is 0.349. The molecule has 0 spiro atoms. The van der Waals surface area contributed by atoms with Gasteiger partial charge in [-0.2, -0.15) is 4.31 Å². The highest BCUT2D eigenvalue weighted by Gasteiger charge is 2.34. The second-order valence-electron chi connectivity index (χ2n) is 5.27. The molecule has 0 aromatic heterocycles. The number of nitrogens with zero attached hydrogens (tertiary/aromatic N) is 1. The van der Waals surface area contributed by atoms with Crippen LogP contribution in [0, 0.1) is 6.92 Å². The van der Waals surface area contributed by atoms with Gasteiger partial charge < -0.3 is 0 Å². The number of aryl methyl sites for hydroxylation is 1. The topological polar surface area (TPSA) is 37.4 Å². The van der Waals surface area contributed by atoms with E-state index in [-0.39, 0.29) is 6.04 Å². The van der Waals surface area contributed by atoms with Gasteiger partial charge in [0.1, 0.15) is 0 Å². The number of benzene rings is 1. The first-order valence-corrected chi connectivity index (χ1v) is 11.1. The maximum Gasteiger partial charge on any atom is 0.244 e. The van der Waals surface area contributed by atoms with Gasteiger partial charge in [0.05, 0.1) is 4.90 Å². The Kier molecular flexibility index (Phi) is 6.34. The van der Waals surface area contributed by atoms with Crippen molar-refractivity contribution in [1.29, 1.82) is 0 Å². The number of piperidine rings is 1. The summed E-state index contributed by atoms with van der Waals surface area (Å²) in [5, 5.41) is 0.822. The van der Waals surface area contributed by atoms with E-state index in [1.165, 1.54) is 0 Å². The van der Waals surface area contributed by atoms with Crippen molar-refractivity contribution in [2.45, 2.75) is 43.5 Å². The fourth-order valence-electron chi connectivity index (χ4n) is 2.66. The molecule has 3 nitrogen and oxygen atoms in total. The number of sulfonamides is 1. The minimum absolute atomic E-state index is 0.0927. The molecular weight excluding hydrogens is 486 g/mol. The standard InChI is InChI=1S/C14H18Br3NO2S/c1-10-8-13(17)14(9-12(10)16)21(19,20)18-7-3-2-4-11(18)5-6-15/h8-9,11H,2-7H2,1H3. The van der Waals surface area contributed by atoms with Gasteiger partial charge in [0.15, 0.2) is 0 Å². The molecule has 1 saturated heterocycles. The summed E-state index contributed by atoms with van der Waals surface area (Å²) in [7, 11) is -3.47. The first kappa shape index (κ1) is 17.9. The second-order valence-corrected chi connectivity index (χ2v) is 9.64. The van der Waals surface area contributed by atoms with Crippen LogP contribution in [0.4, 0.5) is 0 Å². The molecule has 0 saturated carbocycles. The Morgan fingerprint density at radius 3 is 2.62 bits per heavy atom. The zero-order valence-corrected chi connectivity index (χ0v) is 17.4. The van der Waals surface area contributed by atoms with Crippen LogP contribution in [-0.2, 0) is 10.0 Å². The van der Waals surface area contributed by atoms with Crippen molar-refractivity contribution in [3.63, 3.8) is 0 Å². The van der Waals surface area contributed by atoms with Crippen LogP contribution in [-0.4, -0.2) is 30.6 Å². The van der Waals surface area contributed by atoms with Crippen molar-refractivity contribution in [1.82, 2.24) is 4.31 Å². The third kappa shape index (κ3) is 3.91. The Morgan fingerprint density at radius 2 is 1.95 bits per heavy atom.